The molecule has 1 fully saturated rings. The highest BCUT2D eigenvalue weighted by molar-refractivity contribution is 6.33. The number of esters is 2. The monoisotopic (exact) mass is 539 g/mol. The number of ether oxygens (including phenoxy) is 3. The lowest BCUT2D eigenvalue weighted by Gasteiger charge is -2.27. The zero-order valence-corrected chi connectivity index (χ0v) is 21.1. The second kappa shape index (κ2) is 10.3. The molecule has 1 saturated heterocycles. The Hall–Kier alpha value is -4.09. The van der Waals surface area contributed by atoms with Crippen molar-refractivity contribution >= 4 is 40.7 Å². The molecule has 38 heavy (non-hydrogen) atoms. The van der Waals surface area contributed by atoms with Crippen LogP contribution in [0.3, 0.4) is 0 Å². The minimum atomic E-state index is -2.29. The molecular formula is C26H23ClFN5O5. The number of fused-ring (bicyclic) bond motifs is 1. The lowest BCUT2D eigenvalue weighted by atomic mass is 9.98. The van der Waals surface area contributed by atoms with Gasteiger partial charge in [-0.1, -0.05) is 48.0 Å². The lowest BCUT2D eigenvalue weighted by Crippen LogP contribution is -2.44. The number of aromatic nitrogens is 4. The van der Waals surface area contributed by atoms with Gasteiger partial charge in [0.1, 0.15) is 18.2 Å². The van der Waals surface area contributed by atoms with Gasteiger partial charge in [0.2, 0.25) is 5.95 Å². The molecule has 1 aliphatic rings. The van der Waals surface area contributed by atoms with E-state index in [1.54, 1.807) is 67.7 Å². The molecule has 1 N–H and O–H groups in total. The molecule has 0 radical (unpaired) electrons. The fourth-order valence-corrected chi connectivity index (χ4v) is 4.48. The molecule has 2 aromatic heterocycles. The summed E-state index contributed by atoms with van der Waals surface area (Å²) in [6.07, 6.45) is -2.62. The van der Waals surface area contributed by atoms with E-state index in [0.29, 0.717) is 5.56 Å². The zero-order valence-electron chi connectivity index (χ0n) is 20.4. The van der Waals surface area contributed by atoms with Gasteiger partial charge in [-0.05, 0) is 31.2 Å². The largest absolute Gasteiger partial charge is 0.459 e. The average Bonchev–Trinajstić information content (AvgIpc) is 3.46. The molecule has 0 aliphatic carbocycles. The third-order valence-electron chi connectivity index (χ3n) is 6.17. The van der Waals surface area contributed by atoms with Crippen LogP contribution in [0.5, 0.6) is 0 Å². The van der Waals surface area contributed by atoms with Crippen LogP contribution >= 0.6 is 11.6 Å². The van der Waals surface area contributed by atoms with E-state index in [-0.39, 0.29) is 34.4 Å². The van der Waals surface area contributed by atoms with Crippen molar-refractivity contribution in [3.05, 3.63) is 83.3 Å². The Labute approximate surface area is 221 Å². The van der Waals surface area contributed by atoms with Crippen LogP contribution in [0.2, 0.25) is 5.15 Å². The van der Waals surface area contributed by atoms with Crippen molar-refractivity contribution in [1.29, 1.82) is 0 Å². The number of alkyl halides is 1. The molecule has 0 spiro atoms. The standard InChI is InChI=1S/C26H23ClFN5O5/c1-26(28)19(38-23(35)16-11-7-4-8-12-16)17(13-36-22(34)15-9-5-3-6-10-15)37-24(26)33-14-30-18-20(27)31-25(29-2)32-21(18)33/h3-12,14,17,19,24H,13H2,1-2H3,(H,29,31,32)/t17-,19-,24-,26-/m1/s1. The minimum absolute atomic E-state index is 0.0667. The van der Waals surface area contributed by atoms with Crippen LogP contribution in [0.25, 0.3) is 11.2 Å². The van der Waals surface area contributed by atoms with E-state index in [4.69, 9.17) is 25.8 Å². The first kappa shape index (κ1) is 25.6. The van der Waals surface area contributed by atoms with E-state index < -0.39 is 36.0 Å². The van der Waals surface area contributed by atoms with Crippen LogP contribution in [-0.2, 0) is 14.2 Å². The summed E-state index contributed by atoms with van der Waals surface area (Å²) in [7, 11) is 1.61. The summed E-state index contributed by atoms with van der Waals surface area (Å²) in [5.74, 6) is -1.18. The Morgan fingerprint density at radius 3 is 2.34 bits per heavy atom. The van der Waals surface area contributed by atoms with E-state index >= 15 is 4.39 Å². The second-order valence-corrected chi connectivity index (χ2v) is 9.10. The number of nitrogens with one attached hydrogen (secondary N) is 1. The van der Waals surface area contributed by atoms with Crippen LogP contribution in [0.1, 0.15) is 33.9 Å². The summed E-state index contributed by atoms with van der Waals surface area (Å²) < 4.78 is 35.1. The van der Waals surface area contributed by atoms with Crippen LogP contribution in [0.4, 0.5) is 10.3 Å². The second-order valence-electron chi connectivity index (χ2n) is 8.75. The number of hydrogen-bond acceptors (Lipinski definition) is 9. The summed E-state index contributed by atoms with van der Waals surface area (Å²) in [4.78, 5) is 38.1. The Balaban J connectivity index is 1.47. The maximum atomic E-state index is 16.6. The Morgan fingerprint density at radius 2 is 1.71 bits per heavy atom. The first-order valence-electron chi connectivity index (χ1n) is 11.7. The number of hydrogen-bond donors (Lipinski definition) is 1. The fourth-order valence-electron chi connectivity index (χ4n) is 4.27. The van der Waals surface area contributed by atoms with Crippen molar-refractivity contribution in [3.8, 4) is 0 Å². The number of benzene rings is 2. The van der Waals surface area contributed by atoms with Crippen molar-refractivity contribution in [2.24, 2.45) is 0 Å². The van der Waals surface area contributed by atoms with Crippen LogP contribution in [-0.4, -0.2) is 63.0 Å². The number of rotatable bonds is 7. The van der Waals surface area contributed by atoms with Crippen molar-refractivity contribution in [2.45, 2.75) is 31.0 Å². The number of carbonyl (C=O) groups excluding carboxylic acids is 2. The maximum absolute atomic E-state index is 16.6. The summed E-state index contributed by atoms with van der Waals surface area (Å²) in [6.45, 7) is 0.869. The third-order valence-corrected chi connectivity index (χ3v) is 6.43. The number of imidazole rings is 1. The number of halogens is 2. The Bertz CT molecular complexity index is 1470. The highest BCUT2D eigenvalue weighted by Gasteiger charge is 2.58. The van der Waals surface area contributed by atoms with Crippen LogP contribution < -0.4 is 5.32 Å². The first-order valence-corrected chi connectivity index (χ1v) is 12.1. The predicted octanol–water partition coefficient (Wildman–Crippen LogP) is 4.23. The number of anilines is 1. The summed E-state index contributed by atoms with van der Waals surface area (Å²) in [5, 5.41) is 2.86. The summed E-state index contributed by atoms with van der Waals surface area (Å²) in [5.41, 5.74) is -1.30. The molecule has 0 saturated carbocycles. The molecule has 3 heterocycles. The van der Waals surface area contributed by atoms with Crippen molar-refractivity contribution < 1.29 is 28.2 Å². The normalized spacial score (nSPS) is 22.8. The SMILES string of the molecule is CNc1nc(Cl)c2ncn([C@@H]3O[C@H](COC(=O)c4ccccc4)[C@@H](OC(=O)c4ccccc4)[C@@]3(C)F)c2n1. The molecule has 196 valence electrons. The van der Waals surface area contributed by atoms with Crippen molar-refractivity contribution in [2.75, 3.05) is 19.0 Å². The first-order chi connectivity index (χ1) is 18.3. The zero-order chi connectivity index (χ0) is 26.9. The molecule has 0 bridgehead atoms. The molecule has 5 rings (SSSR count). The molecule has 0 unspecified atom stereocenters. The predicted molar refractivity (Wildman–Crippen MR) is 136 cm³/mol. The average molecular weight is 540 g/mol. The molecule has 10 nitrogen and oxygen atoms in total. The van der Waals surface area contributed by atoms with Gasteiger partial charge in [0, 0.05) is 7.05 Å². The number of carbonyl (C=O) groups is 2. The van der Waals surface area contributed by atoms with E-state index in [2.05, 4.69) is 20.3 Å². The minimum Gasteiger partial charge on any atom is -0.459 e. The summed E-state index contributed by atoms with van der Waals surface area (Å²) >= 11 is 6.24. The Kier molecular flexibility index (Phi) is 6.96. The maximum Gasteiger partial charge on any atom is 0.338 e. The molecular weight excluding hydrogens is 517 g/mol. The molecule has 12 heteroatoms. The van der Waals surface area contributed by atoms with Gasteiger partial charge >= 0.3 is 11.9 Å². The molecule has 2 aromatic carbocycles. The van der Waals surface area contributed by atoms with Gasteiger partial charge in [-0.3, -0.25) is 4.57 Å². The number of nitrogens with zero attached hydrogens (tertiary/aromatic N) is 4. The Morgan fingerprint density at radius 1 is 1.08 bits per heavy atom. The molecule has 1 aliphatic heterocycles. The van der Waals surface area contributed by atoms with Crippen molar-refractivity contribution in [1.82, 2.24) is 19.5 Å². The van der Waals surface area contributed by atoms with E-state index in [1.165, 1.54) is 17.8 Å². The van der Waals surface area contributed by atoms with Gasteiger partial charge in [0.15, 0.2) is 28.8 Å². The quantitative estimate of drug-likeness (QED) is 0.272. The van der Waals surface area contributed by atoms with Crippen molar-refractivity contribution in [3.63, 3.8) is 0 Å². The van der Waals surface area contributed by atoms with Gasteiger partial charge in [-0.15, -0.1) is 0 Å². The van der Waals surface area contributed by atoms with Gasteiger partial charge in [-0.25, -0.2) is 19.0 Å². The lowest BCUT2D eigenvalue weighted by molar-refractivity contribution is -0.0611. The third kappa shape index (κ3) is 4.77. The topological polar surface area (TPSA) is 117 Å². The van der Waals surface area contributed by atoms with E-state index in [0.717, 1.165) is 0 Å². The molecule has 4 atom stereocenters. The fraction of sp³-hybridized carbons (Fsp3) is 0.269. The smallest absolute Gasteiger partial charge is 0.338 e. The van der Waals surface area contributed by atoms with E-state index in [1.807, 2.05) is 0 Å². The van der Waals surface area contributed by atoms with Gasteiger partial charge in [-0.2, -0.15) is 9.97 Å². The van der Waals surface area contributed by atoms with Gasteiger partial charge in [0.05, 0.1) is 17.5 Å². The molecule has 4 aromatic rings. The van der Waals surface area contributed by atoms with Crippen LogP contribution in [0, 0.1) is 0 Å². The van der Waals surface area contributed by atoms with Crippen LogP contribution in [0.15, 0.2) is 67.0 Å². The summed E-state index contributed by atoms with van der Waals surface area (Å²) in [6, 6.07) is 16.5. The van der Waals surface area contributed by atoms with Gasteiger partial charge in [0.25, 0.3) is 0 Å². The van der Waals surface area contributed by atoms with E-state index in [9.17, 15) is 9.59 Å². The highest BCUT2D eigenvalue weighted by Crippen LogP contribution is 2.44. The van der Waals surface area contributed by atoms with Gasteiger partial charge < -0.3 is 19.5 Å². The molecule has 0 amide bonds. The highest BCUT2D eigenvalue weighted by atomic mass is 35.5.